The zero-order valence-corrected chi connectivity index (χ0v) is 19.8. The van der Waals surface area contributed by atoms with Crippen LogP contribution in [0.25, 0.3) is 11.9 Å². The Kier molecular flexibility index (Phi) is 6.81. The zero-order chi connectivity index (χ0) is 24.4. The quantitative estimate of drug-likeness (QED) is 0.615. The van der Waals surface area contributed by atoms with Gasteiger partial charge in [-0.05, 0) is 37.6 Å². The highest BCUT2D eigenvalue weighted by Crippen LogP contribution is 2.48. The summed E-state index contributed by atoms with van der Waals surface area (Å²) in [5, 5.41) is 0.0330. The minimum atomic E-state index is -3.55. The van der Waals surface area contributed by atoms with Crippen molar-refractivity contribution in [2.24, 2.45) is 10.7 Å². The van der Waals surface area contributed by atoms with Crippen LogP contribution < -0.4 is 10.5 Å². The van der Waals surface area contributed by atoms with E-state index in [-0.39, 0.29) is 35.3 Å². The highest BCUT2D eigenvalue weighted by molar-refractivity contribution is 8.23. The molecule has 1 aliphatic heterocycles. The number of halogens is 2. The average Bonchev–Trinajstić information content (AvgIpc) is 2.72. The molecule has 174 valence electrons. The molecule has 1 aromatic carbocycles. The molecule has 0 saturated heterocycles. The molecule has 0 spiro atoms. The molecule has 3 rings (SSSR count). The van der Waals surface area contributed by atoms with Crippen molar-refractivity contribution in [3.05, 3.63) is 53.2 Å². The maximum absolute atomic E-state index is 14.9. The highest BCUT2D eigenvalue weighted by atomic mass is 32.3. The van der Waals surface area contributed by atoms with Gasteiger partial charge in [0.05, 0.1) is 17.9 Å². The van der Waals surface area contributed by atoms with Crippen LogP contribution in [0.1, 0.15) is 37.1 Å². The molecule has 11 heteroatoms. The third kappa shape index (κ3) is 5.34. The number of amidine groups is 1. The second-order valence-corrected chi connectivity index (χ2v) is 12.1. The van der Waals surface area contributed by atoms with E-state index in [2.05, 4.69) is 20.9 Å². The Hall–Kier alpha value is -2.97. The lowest BCUT2D eigenvalue weighted by atomic mass is 9.86. The predicted molar refractivity (Wildman–Crippen MR) is 126 cm³/mol. The Morgan fingerprint density at radius 3 is 2.70 bits per heavy atom. The summed E-state index contributed by atoms with van der Waals surface area (Å²) in [6.07, 6.45) is 9.78. The summed E-state index contributed by atoms with van der Waals surface area (Å²) < 4.78 is 58.2. The number of aromatic nitrogens is 2. The number of terminal acetylenes is 1. The number of hydrogen-bond acceptors (Lipinski definition) is 8. The smallest absolute Gasteiger partial charge is 0.233 e. The molecule has 2 heterocycles. The number of hydrogen-bond donors (Lipinski definition) is 1. The third-order valence-corrected chi connectivity index (χ3v) is 8.92. The van der Waals surface area contributed by atoms with E-state index in [1.54, 1.807) is 6.92 Å². The average molecular weight is 493 g/mol. The molecule has 0 aliphatic carbocycles. The van der Waals surface area contributed by atoms with Crippen LogP contribution in [0.4, 0.5) is 8.78 Å². The van der Waals surface area contributed by atoms with Gasteiger partial charge in [-0.1, -0.05) is 23.7 Å². The molecule has 1 aliphatic rings. The molecule has 2 atom stereocenters. The van der Waals surface area contributed by atoms with Crippen molar-refractivity contribution < 1.29 is 21.9 Å². The SMILES string of the molecule is C#CCOc1cnc(/C(F)=C/c2ccc(F)c([C@]3(C)C[C@](C)(S(C)(=O)=O)SC(N)=N3)c2)cn1. The Morgan fingerprint density at radius 2 is 2.09 bits per heavy atom. The van der Waals surface area contributed by atoms with Gasteiger partial charge in [0.15, 0.2) is 27.4 Å². The van der Waals surface area contributed by atoms with Crippen molar-refractivity contribution in [3.63, 3.8) is 0 Å². The fourth-order valence-corrected chi connectivity index (χ4v) is 5.89. The first-order valence-electron chi connectivity index (χ1n) is 9.67. The summed E-state index contributed by atoms with van der Waals surface area (Å²) in [5.74, 6) is 1.12. The number of sulfone groups is 1. The van der Waals surface area contributed by atoms with Gasteiger partial charge in [-0.2, -0.15) is 0 Å². The van der Waals surface area contributed by atoms with E-state index in [0.717, 1.165) is 18.0 Å². The molecule has 33 heavy (non-hydrogen) atoms. The lowest BCUT2D eigenvalue weighted by Gasteiger charge is -2.40. The first-order chi connectivity index (χ1) is 15.4. The van der Waals surface area contributed by atoms with Crippen LogP contribution in [-0.4, -0.2) is 40.5 Å². The fraction of sp³-hybridized carbons (Fsp3) is 0.318. The van der Waals surface area contributed by atoms with Gasteiger partial charge < -0.3 is 10.5 Å². The first kappa shape index (κ1) is 24.7. The Labute approximate surface area is 195 Å². The zero-order valence-electron chi connectivity index (χ0n) is 18.2. The summed E-state index contributed by atoms with van der Waals surface area (Å²) in [5.41, 5.74) is 5.03. The molecule has 0 amide bonds. The van der Waals surface area contributed by atoms with Crippen molar-refractivity contribution in [1.82, 2.24) is 9.97 Å². The van der Waals surface area contributed by atoms with Crippen LogP contribution in [0.3, 0.4) is 0 Å². The van der Waals surface area contributed by atoms with Gasteiger partial charge in [0.1, 0.15) is 15.6 Å². The normalized spacial score (nSPS) is 23.5. The van der Waals surface area contributed by atoms with Gasteiger partial charge in [0.25, 0.3) is 0 Å². The van der Waals surface area contributed by atoms with Crippen molar-refractivity contribution in [2.75, 3.05) is 12.9 Å². The minimum absolute atomic E-state index is 0.00729. The number of rotatable bonds is 6. The minimum Gasteiger partial charge on any atom is -0.463 e. The summed E-state index contributed by atoms with van der Waals surface area (Å²) in [6.45, 7) is 3.14. The fourth-order valence-electron chi connectivity index (χ4n) is 3.45. The number of nitrogens with zero attached hydrogens (tertiary/aromatic N) is 3. The molecule has 1 aromatic heterocycles. The summed E-state index contributed by atoms with van der Waals surface area (Å²) in [7, 11) is -3.55. The predicted octanol–water partition coefficient (Wildman–Crippen LogP) is 3.52. The van der Waals surface area contributed by atoms with E-state index in [0.29, 0.717) is 5.56 Å². The summed E-state index contributed by atoms with van der Waals surface area (Å²) >= 11 is 0.926. The largest absolute Gasteiger partial charge is 0.463 e. The van der Waals surface area contributed by atoms with E-state index in [9.17, 15) is 17.2 Å². The number of nitrogens with two attached hydrogens (primary N) is 1. The van der Waals surface area contributed by atoms with Gasteiger partial charge >= 0.3 is 0 Å². The van der Waals surface area contributed by atoms with Crippen molar-refractivity contribution in [3.8, 4) is 18.2 Å². The molecule has 7 nitrogen and oxygen atoms in total. The number of ether oxygens (including phenoxy) is 1. The van der Waals surface area contributed by atoms with Crippen molar-refractivity contribution in [2.45, 2.75) is 29.9 Å². The maximum Gasteiger partial charge on any atom is 0.233 e. The van der Waals surface area contributed by atoms with E-state index in [1.165, 1.54) is 43.6 Å². The maximum atomic E-state index is 14.9. The number of aliphatic imine (C=N–C) groups is 1. The van der Waals surface area contributed by atoms with E-state index in [1.807, 2.05) is 0 Å². The second-order valence-electron chi connectivity index (χ2n) is 7.87. The molecular weight excluding hydrogens is 470 g/mol. The van der Waals surface area contributed by atoms with Gasteiger partial charge in [0, 0.05) is 18.2 Å². The first-order valence-corrected chi connectivity index (χ1v) is 12.4. The van der Waals surface area contributed by atoms with Gasteiger partial charge in [-0.3, -0.25) is 4.99 Å². The van der Waals surface area contributed by atoms with Gasteiger partial charge in [-0.25, -0.2) is 27.2 Å². The summed E-state index contributed by atoms with van der Waals surface area (Å²) in [6, 6.07) is 3.98. The van der Waals surface area contributed by atoms with Crippen LogP contribution in [-0.2, 0) is 15.4 Å². The molecule has 0 fully saturated rings. The Morgan fingerprint density at radius 1 is 1.36 bits per heavy atom. The van der Waals surface area contributed by atoms with Crippen LogP contribution in [0.5, 0.6) is 5.88 Å². The topological polar surface area (TPSA) is 108 Å². The Bertz CT molecular complexity index is 1270. The van der Waals surface area contributed by atoms with Crippen LogP contribution in [0.15, 0.2) is 35.6 Å². The third-order valence-electron chi connectivity index (χ3n) is 5.17. The molecular formula is C22H22F2N4O3S2. The molecule has 0 bridgehead atoms. The number of thioether (sulfide) groups is 1. The van der Waals surface area contributed by atoms with Crippen LogP contribution >= 0.6 is 11.8 Å². The monoisotopic (exact) mass is 492 g/mol. The van der Waals surface area contributed by atoms with Crippen molar-refractivity contribution in [1.29, 1.82) is 0 Å². The van der Waals surface area contributed by atoms with E-state index >= 15 is 0 Å². The molecule has 0 saturated carbocycles. The highest BCUT2D eigenvalue weighted by Gasteiger charge is 2.49. The molecule has 0 unspecified atom stereocenters. The van der Waals surface area contributed by atoms with Crippen molar-refractivity contribution >= 4 is 38.7 Å². The molecule has 0 radical (unpaired) electrons. The van der Waals surface area contributed by atoms with Crippen LogP contribution in [0.2, 0.25) is 0 Å². The number of benzene rings is 1. The molecule has 2 N–H and O–H groups in total. The van der Waals surface area contributed by atoms with E-state index in [4.69, 9.17) is 16.9 Å². The van der Waals surface area contributed by atoms with Crippen LogP contribution in [0, 0.1) is 18.2 Å². The van der Waals surface area contributed by atoms with Gasteiger partial charge in [0.2, 0.25) is 5.88 Å². The standard InChI is InChI=1S/C22H22F2N4O3S2/c1-5-8-31-19-12-26-18(11-27-19)17(24)10-14-6-7-16(23)15(9-14)21(2)13-22(3,33(4,29)30)32-20(25)28-21/h1,6-7,9-12H,8,13H2,2-4H3,(H2,25,28)/b17-10-/t21-,22-/m0/s1. The lowest BCUT2D eigenvalue weighted by Crippen LogP contribution is -2.44. The Balaban J connectivity index is 1.97. The van der Waals surface area contributed by atoms with Gasteiger partial charge in [-0.15, -0.1) is 6.42 Å². The second kappa shape index (κ2) is 9.11. The lowest BCUT2D eigenvalue weighted by molar-refractivity contribution is 0.353. The summed E-state index contributed by atoms with van der Waals surface area (Å²) in [4.78, 5) is 12.2. The van der Waals surface area contributed by atoms with E-state index < -0.39 is 31.1 Å². The molecule has 2 aromatic rings.